The van der Waals surface area contributed by atoms with E-state index in [0.717, 1.165) is 12.8 Å². The summed E-state index contributed by atoms with van der Waals surface area (Å²) in [7, 11) is 0. The summed E-state index contributed by atoms with van der Waals surface area (Å²) >= 11 is 0. The summed E-state index contributed by atoms with van der Waals surface area (Å²) in [5, 5.41) is 3.81. The Balaban J connectivity index is 2.16. The van der Waals surface area contributed by atoms with Gasteiger partial charge in [-0.15, -0.1) is 0 Å². The summed E-state index contributed by atoms with van der Waals surface area (Å²) < 4.78 is 40.6. The quantitative estimate of drug-likeness (QED) is 0.815. The first-order valence-corrected chi connectivity index (χ1v) is 6.50. The van der Waals surface area contributed by atoms with Crippen molar-refractivity contribution in [1.29, 1.82) is 0 Å². The summed E-state index contributed by atoms with van der Waals surface area (Å²) in [5.41, 5.74) is 7.08. The Morgan fingerprint density at radius 3 is 2.35 bits per heavy atom. The fourth-order valence-electron chi connectivity index (χ4n) is 2.66. The highest BCUT2D eigenvalue weighted by Crippen LogP contribution is 2.36. The van der Waals surface area contributed by atoms with E-state index in [1.807, 2.05) is 0 Å². The molecule has 0 saturated heterocycles. The van der Waals surface area contributed by atoms with Crippen LogP contribution in [0.15, 0.2) is 24.3 Å². The minimum atomic E-state index is -4.40. The minimum absolute atomic E-state index is 0.348. The van der Waals surface area contributed by atoms with Gasteiger partial charge in [-0.25, -0.2) is 4.68 Å². The van der Waals surface area contributed by atoms with Crippen molar-refractivity contribution in [3.63, 3.8) is 0 Å². The molecule has 1 aliphatic rings. The number of alkyl halides is 3. The summed E-state index contributed by atoms with van der Waals surface area (Å²) in [6, 6.07) is 6.72. The molecule has 0 unspecified atom stereocenters. The zero-order valence-corrected chi connectivity index (χ0v) is 10.7. The lowest BCUT2D eigenvalue weighted by atomic mass is 9.95. The zero-order chi connectivity index (χ0) is 14.3. The number of nitrogens with two attached hydrogens (primary N) is 1. The molecule has 1 aromatic carbocycles. The molecule has 1 heterocycles. The molecule has 0 atom stereocenters. The maximum atomic E-state index is 13.1. The molecule has 0 amide bonds. The van der Waals surface area contributed by atoms with Gasteiger partial charge in [0, 0.05) is 16.9 Å². The molecule has 0 bridgehead atoms. The first kappa shape index (κ1) is 13.0. The van der Waals surface area contributed by atoms with Crippen LogP contribution in [0.3, 0.4) is 0 Å². The van der Waals surface area contributed by atoms with Gasteiger partial charge < -0.3 is 5.73 Å². The highest BCUT2D eigenvalue weighted by atomic mass is 19.4. The highest BCUT2D eigenvalue weighted by molar-refractivity contribution is 5.47. The van der Waals surface area contributed by atoms with E-state index in [1.165, 1.54) is 4.68 Å². The van der Waals surface area contributed by atoms with Crippen LogP contribution in [0.2, 0.25) is 0 Å². The number of fused-ring (bicyclic) bond motifs is 1. The van der Waals surface area contributed by atoms with E-state index < -0.39 is 11.9 Å². The van der Waals surface area contributed by atoms with E-state index in [9.17, 15) is 13.2 Å². The van der Waals surface area contributed by atoms with Crippen molar-refractivity contribution in [3.8, 4) is 5.69 Å². The number of rotatable bonds is 1. The van der Waals surface area contributed by atoms with Crippen LogP contribution < -0.4 is 5.73 Å². The number of benzene rings is 1. The first-order valence-electron chi connectivity index (χ1n) is 6.50. The SMILES string of the molecule is Nc1ccc(-n2nc(C(F)(F)F)c3c2CCCC3)cc1. The average Bonchev–Trinajstić information content (AvgIpc) is 2.79. The second-order valence-corrected chi connectivity index (χ2v) is 4.98. The van der Waals surface area contributed by atoms with Gasteiger partial charge in [-0.3, -0.25) is 0 Å². The maximum absolute atomic E-state index is 13.1. The van der Waals surface area contributed by atoms with Crippen molar-refractivity contribution in [2.24, 2.45) is 0 Å². The van der Waals surface area contributed by atoms with Crippen molar-refractivity contribution in [3.05, 3.63) is 41.2 Å². The van der Waals surface area contributed by atoms with Crippen LogP contribution in [0.25, 0.3) is 5.69 Å². The Bertz CT molecular complexity index is 626. The predicted molar refractivity (Wildman–Crippen MR) is 69.6 cm³/mol. The van der Waals surface area contributed by atoms with E-state index in [2.05, 4.69) is 5.10 Å². The monoisotopic (exact) mass is 281 g/mol. The van der Waals surface area contributed by atoms with Gasteiger partial charge in [0.05, 0.1) is 5.69 Å². The Kier molecular flexibility index (Phi) is 2.96. The van der Waals surface area contributed by atoms with Crippen LogP contribution >= 0.6 is 0 Å². The molecule has 1 aromatic heterocycles. The minimum Gasteiger partial charge on any atom is -0.399 e. The molecular weight excluding hydrogens is 267 g/mol. The number of nitrogens with zero attached hydrogens (tertiary/aromatic N) is 2. The smallest absolute Gasteiger partial charge is 0.399 e. The molecule has 0 fully saturated rings. The molecule has 3 rings (SSSR count). The number of hydrogen-bond donors (Lipinski definition) is 1. The van der Waals surface area contributed by atoms with Crippen LogP contribution in [0.4, 0.5) is 18.9 Å². The van der Waals surface area contributed by atoms with Gasteiger partial charge in [-0.2, -0.15) is 18.3 Å². The third-order valence-corrected chi connectivity index (χ3v) is 3.59. The lowest BCUT2D eigenvalue weighted by Crippen LogP contribution is -2.11. The Labute approximate surface area is 114 Å². The second-order valence-electron chi connectivity index (χ2n) is 4.98. The third-order valence-electron chi connectivity index (χ3n) is 3.59. The molecular formula is C14H14F3N3. The second kappa shape index (κ2) is 4.54. The third kappa shape index (κ3) is 2.15. The molecule has 2 N–H and O–H groups in total. The van der Waals surface area contributed by atoms with Gasteiger partial charge in [-0.05, 0) is 49.9 Å². The van der Waals surface area contributed by atoms with E-state index in [0.29, 0.717) is 35.5 Å². The van der Waals surface area contributed by atoms with Gasteiger partial charge in [0.15, 0.2) is 5.69 Å². The number of anilines is 1. The maximum Gasteiger partial charge on any atom is 0.435 e. The largest absolute Gasteiger partial charge is 0.435 e. The fraction of sp³-hybridized carbons (Fsp3) is 0.357. The first-order chi connectivity index (χ1) is 9.47. The Morgan fingerprint density at radius 2 is 1.70 bits per heavy atom. The van der Waals surface area contributed by atoms with Crippen molar-refractivity contribution in [1.82, 2.24) is 9.78 Å². The fourth-order valence-corrected chi connectivity index (χ4v) is 2.66. The molecule has 0 aliphatic heterocycles. The van der Waals surface area contributed by atoms with Gasteiger partial charge in [-0.1, -0.05) is 0 Å². The van der Waals surface area contributed by atoms with Gasteiger partial charge in [0.2, 0.25) is 0 Å². The number of hydrogen-bond acceptors (Lipinski definition) is 2. The lowest BCUT2D eigenvalue weighted by molar-refractivity contribution is -0.142. The van der Waals surface area contributed by atoms with Crippen molar-refractivity contribution in [2.45, 2.75) is 31.9 Å². The van der Waals surface area contributed by atoms with Crippen LogP contribution in [-0.2, 0) is 19.0 Å². The lowest BCUT2D eigenvalue weighted by Gasteiger charge is -2.14. The van der Waals surface area contributed by atoms with E-state index in [4.69, 9.17) is 5.73 Å². The molecule has 0 spiro atoms. The van der Waals surface area contributed by atoms with Crippen molar-refractivity contribution < 1.29 is 13.2 Å². The summed E-state index contributed by atoms with van der Waals surface area (Å²) in [4.78, 5) is 0. The van der Waals surface area contributed by atoms with Crippen molar-refractivity contribution >= 4 is 5.69 Å². The summed E-state index contributed by atoms with van der Waals surface area (Å²) in [6.45, 7) is 0. The summed E-state index contributed by atoms with van der Waals surface area (Å²) in [5.74, 6) is 0. The molecule has 6 heteroatoms. The number of halogens is 3. The highest BCUT2D eigenvalue weighted by Gasteiger charge is 2.39. The molecule has 1 aliphatic carbocycles. The van der Waals surface area contributed by atoms with Gasteiger partial charge in [0.25, 0.3) is 0 Å². The van der Waals surface area contributed by atoms with Gasteiger partial charge >= 0.3 is 6.18 Å². The normalized spacial score (nSPS) is 15.2. The molecule has 20 heavy (non-hydrogen) atoms. The molecule has 3 nitrogen and oxygen atoms in total. The zero-order valence-electron chi connectivity index (χ0n) is 10.7. The number of nitrogen functional groups attached to an aromatic ring is 1. The topological polar surface area (TPSA) is 43.8 Å². The van der Waals surface area contributed by atoms with Crippen LogP contribution in [0, 0.1) is 0 Å². The van der Waals surface area contributed by atoms with E-state index in [1.54, 1.807) is 24.3 Å². The molecule has 2 aromatic rings. The molecule has 106 valence electrons. The predicted octanol–water partition coefficient (Wildman–Crippen LogP) is 3.35. The van der Waals surface area contributed by atoms with Crippen LogP contribution in [-0.4, -0.2) is 9.78 Å². The average molecular weight is 281 g/mol. The number of aromatic nitrogens is 2. The molecule has 0 saturated carbocycles. The molecule has 0 radical (unpaired) electrons. The van der Waals surface area contributed by atoms with Crippen LogP contribution in [0.1, 0.15) is 29.8 Å². The summed E-state index contributed by atoms with van der Waals surface area (Å²) in [6.07, 6.45) is -1.66. The van der Waals surface area contributed by atoms with Crippen molar-refractivity contribution in [2.75, 3.05) is 5.73 Å². The Hall–Kier alpha value is -1.98. The van der Waals surface area contributed by atoms with Crippen LogP contribution in [0.5, 0.6) is 0 Å². The Morgan fingerprint density at radius 1 is 1.05 bits per heavy atom. The van der Waals surface area contributed by atoms with E-state index in [-0.39, 0.29) is 0 Å². The standard InChI is InChI=1S/C14H14F3N3/c15-14(16,17)13-11-3-1-2-4-12(11)20(19-13)10-7-5-9(18)6-8-10/h5-8H,1-4,18H2. The van der Waals surface area contributed by atoms with Gasteiger partial charge in [0.1, 0.15) is 0 Å². The van der Waals surface area contributed by atoms with E-state index >= 15 is 0 Å².